The Hall–Kier alpha value is -1.99. The van der Waals surface area contributed by atoms with Gasteiger partial charge in [-0.2, -0.15) is 4.68 Å². The first-order valence-corrected chi connectivity index (χ1v) is 7.02. The number of tetrazole rings is 1. The molecule has 0 amide bonds. The Labute approximate surface area is 132 Å². The summed E-state index contributed by atoms with van der Waals surface area (Å²) < 4.78 is 15.2. The fourth-order valence-corrected chi connectivity index (χ4v) is 2.93. The molecule has 0 aliphatic carbocycles. The zero-order chi connectivity index (χ0) is 15.0. The molecular weight excluding hydrogens is 361 g/mol. The van der Waals surface area contributed by atoms with Crippen LogP contribution < -0.4 is 5.73 Å². The minimum atomic E-state index is -0.450. The van der Waals surface area contributed by atoms with Gasteiger partial charge in [-0.1, -0.05) is 23.7 Å². The van der Waals surface area contributed by atoms with Crippen LogP contribution >= 0.6 is 27.5 Å². The summed E-state index contributed by atoms with van der Waals surface area (Å²) in [5, 5.41) is 11.8. The van der Waals surface area contributed by atoms with Crippen LogP contribution in [0, 0.1) is 5.82 Å². The second kappa shape index (κ2) is 5.42. The number of rotatable bonds is 2. The van der Waals surface area contributed by atoms with Gasteiger partial charge in [0.1, 0.15) is 11.5 Å². The molecule has 0 unspecified atom stereocenters. The number of hydrogen-bond donors (Lipinski definition) is 1. The fourth-order valence-electron chi connectivity index (χ4n) is 1.93. The Morgan fingerprint density at radius 1 is 1.24 bits per heavy atom. The first kappa shape index (κ1) is 14.0. The van der Waals surface area contributed by atoms with Gasteiger partial charge in [0.2, 0.25) is 0 Å². The summed E-state index contributed by atoms with van der Waals surface area (Å²) in [4.78, 5) is 0. The van der Waals surface area contributed by atoms with Gasteiger partial charge in [0, 0.05) is 15.7 Å². The predicted molar refractivity (Wildman–Crippen MR) is 81.7 cm³/mol. The summed E-state index contributed by atoms with van der Waals surface area (Å²) >= 11 is 9.38. The van der Waals surface area contributed by atoms with Gasteiger partial charge in [0.05, 0.1) is 5.02 Å². The highest BCUT2D eigenvalue weighted by Gasteiger charge is 2.17. The normalized spacial score (nSPS) is 10.8. The van der Waals surface area contributed by atoms with Gasteiger partial charge < -0.3 is 5.73 Å². The van der Waals surface area contributed by atoms with Crippen LogP contribution in [0.15, 0.2) is 40.9 Å². The maximum atomic E-state index is 13.3. The van der Waals surface area contributed by atoms with E-state index in [1.165, 1.54) is 16.8 Å². The Bertz CT molecular complexity index is 797. The van der Waals surface area contributed by atoms with Crippen molar-refractivity contribution in [2.75, 3.05) is 5.73 Å². The molecule has 0 radical (unpaired) electrons. The van der Waals surface area contributed by atoms with E-state index in [-0.39, 0.29) is 5.02 Å². The molecule has 106 valence electrons. The van der Waals surface area contributed by atoms with Crippen LogP contribution in [-0.4, -0.2) is 20.2 Å². The summed E-state index contributed by atoms with van der Waals surface area (Å²) in [7, 11) is 0. The van der Waals surface area contributed by atoms with Gasteiger partial charge >= 0.3 is 0 Å². The van der Waals surface area contributed by atoms with Crippen LogP contribution in [0.5, 0.6) is 0 Å². The van der Waals surface area contributed by atoms with Crippen LogP contribution in [0.1, 0.15) is 0 Å². The van der Waals surface area contributed by atoms with Crippen molar-refractivity contribution in [2.24, 2.45) is 0 Å². The monoisotopic (exact) mass is 367 g/mol. The van der Waals surface area contributed by atoms with Crippen LogP contribution in [0.3, 0.4) is 0 Å². The molecular formula is C13H8BrClFN5. The largest absolute Gasteiger partial charge is 0.399 e. The van der Waals surface area contributed by atoms with Crippen LogP contribution in [0.2, 0.25) is 5.02 Å². The highest BCUT2D eigenvalue weighted by atomic mass is 79.9. The molecule has 0 atom stereocenters. The van der Waals surface area contributed by atoms with Crippen molar-refractivity contribution in [3.05, 3.63) is 51.7 Å². The number of anilines is 1. The molecule has 5 nitrogen and oxygen atoms in total. The summed E-state index contributed by atoms with van der Waals surface area (Å²) in [5.74, 6) is 0.00529. The minimum absolute atomic E-state index is 0.194. The first-order chi connectivity index (χ1) is 10.1. The maximum absolute atomic E-state index is 13.3. The molecule has 0 saturated heterocycles. The Balaban J connectivity index is 2.21. The molecule has 1 heterocycles. The molecule has 2 aromatic carbocycles. The summed E-state index contributed by atoms with van der Waals surface area (Å²) in [6.07, 6.45) is 0. The summed E-state index contributed by atoms with van der Waals surface area (Å²) in [5.41, 5.74) is 7.55. The number of halogens is 3. The lowest BCUT2D eigenvalue weighted by atomic mass is 10.2. The van der Waals surface area contributed by atoms with Gasteiger partial charge in [-0.05, 0) is 50.6 Å². The lowest BCUT2D eigenvalue weighted by molar-refractivity contribution is 0.626. The predicted octanol–water partition coefficient (Wildman–Crippen LogP) is 3.47. The van der Waals surface area contributed by atoms with Gasteiger partial charge in [0.15, 0.2) is 5.82 Å². The van der Waals surface area contributed by atoms with E-state index in [1.807, 2.05) is 6.07 Å². The van der Waals surface area contributed by atoms with E-state index in [1.54, 1.807) is 18.2 Å². The zero-order valence-corrected chi connectivity index (χ0v) is 12.8. The van der Waals surface area contributed by atoms with Gasteiger partial charge in [-0.15, -0.1) is 5.10 Å². The van der Waals surface area contributed by atoms with Crippen LogP contribution in [-0.2, 0) is 0 Å². The van der Waals surface area contributed by atoms with Crippen molar-refractivity contribution in [1.29, 1.82) is 0 Å². The van der Waals surface area contributed by atoms with Crippen LogP contribution in [0.4, 0.5) is 10.1 Å². The molecule has 0 bridgehead atoms. The molecule has 0 spiro atoms. The molecule has 0 aliphatic heterocycles. The second-order valence-corrected chi connectivity index (χ2v) is 5.52. The molecule has 1 aromatic heterocycles. The molecule has 2 N–H and O–H groups in total. The third-order valence-electron chi connectivity index (χ3n) is 2.81. The third kappa shape index (κ3) is 2.62. The first-order valence-electron chi connectivity index (χ1n) is 5.85. The smallest absolute Gasteiger partial charge is 0.187 e. The van der Waals surface area contributed by atoms with E-state index >= 15 is 0 Å². The topological polar surface area (TPSA) is 69.6 Å². The fraction of sp³-hybridized carbons (Fsp3) is 0. The van der Waals surface area contributed by atoms with E-state index in [0.717, 1.165) is 5.56 Å². The molecule has 21 heavy (non-hydrogen) atoms. The number of aromatic nitrogens is 4. The molecule has 0 aliphatic rings. The van der Waals surface area contributed by atoms with Crippen molar-refractivity contribution >= 4 is 33.2 Å². The van der Waals surface area contributed by atoms with Crippen molar-refractivity contribution < 1.29 is 4.39 Å². The number of nitrogens with two attached hydrogens (primary N) is 1. The molecule has 0 fully saturated rings. The Morgan fingerprint density at radius 2 is 2.05 bits per heavy atom. The molecule has 0 saturated carbocycles. The number of benzene rings is 2. The van der Waals surface area contributed by atoms with E-state index < -0.39 is 5.82 Å². The number of nitrogens with zero attached hydrogens (tertiary/aromatic N) is 4. The SMILES string of the molecule is Nc1cccc(-c2nnnn2-c2c(Cl)cc(F)cc2Br)c1. The van der Waals surface area contributed by atoms with Gasteiger partial charge in [-0.25, -0.2) is 4.39 Å². The highest BCUT2D eigenvalue weighted by molar-refractivity contribution is 9.10. The molecule has 3 aromatic rings. The lowest BCUT2D eigenvalue weighted by Crippen LogP contribution is -2.02. The number of nitrogen functional groups attached to an aromatic ring is 1. The number of hydrogen-bond acceptors (Lipinski definition) is 4. The lowest BCUT2D eigenvalue weighted by Gasteiger charge is -2.09. The maximum Gasteiger partial charge on any atom is 0.187 e. The zero-order valence-electron chi connectivity index (χ0n) is 10.5. The third-order valence-corrected chi connectivity index (χ3v) is 3.70. The van der Waals surface area contributed by atoms with Gasteiger partial charge in [-0.3, -0.25) is 0 Å². The van der Waals surface area contributed by atoms with Crippen molar-refractivity contribution in [1.82, 2.24) is 20.2 Å². The quantitative estimate of drug-likeness (QED) is 0.703. The minimum Gasteiger partial charge on any atom is -0.399 e. The average molecular weight is 369 g/mol. The summed E-state index contributed by atoms with van der Waals surface area (Å²) in [6, 6.07) is 9.62. The molecule has 3 rings (SSSR count). The molecule has 8 heteroatoms. The second-order valence-electron chi connectivity index (χ2n) is 4.26. The van der Waals surface area contributed by atoms with E-state index in [4.69, 9.17) is 17.3 Å². The van der Waals surface area contributed by atoms with Crippen molar-refractivity contribution in [3.8, 4) is 17.1 Å². The average Bonchev–Trinajstić information content (AvgIpc) is 2.86. The van der Waals surface area contributed by atoms with E-state index in [2.05, 4.69) is 31.5 Å². The highest BCUT2D eigenvalue weighted by Crippen LogP contribution is 2.32. The van der Waals surface area contributed by atoms with Crippen molar-refractivity contribution in [3.63, 3.8) is 0 Å². The van der Waals surface area contributed by atoms with E-state index in [0.29, 0.717) is 21.7 Å². The van der Waals surface area contributed by atoms with Crippen molar-refractivity contribution in [2.45, 2.75) is 0 Å². The van der Waals surface area contributed by atoms with Crippen LogP contribution in [0.25, 0.3) is 17.1 Å². The summed E-state index contributed by atoms with van der Waals surface area (Å²) in [6.45, 7) is 0. The van der Waals surface area contributed by atoms with E-state index in [9.17, 15) is 4.39 Å². The van der Waals surface area contributed by atoms with Gasteiger partial charge in [0.25, 0.3) is 0 Å². The Morgan fingerprint density at radius 3 is 2.76 bits per heavy atom. The Kier molecular flexibility index (Phi) is 3.60. The standard InChI is InChI=1S/C13H8BrClFN5/c14-10-5-8(16)6-11(15)12(10)21-13(18-19-20-21)7-2-1-3-9(17)4-7/h1-6H,17H2.